The summed E-state index contributed by atoms with van der Waals surface area (Å²) in [5.41, 5.74) is 1.92. The minimum atomic E-state index is -0.802. The highest BCUT2D eigenvalue weighted by atomic mass is 16.4. The summed E-state index contributed by atoms with van der Waals surface area (Å²) in [6.45, 7) is 1.43. The van der Waals surface area contributed by atoms with E-state index in [-0.39, 0.29) is 6.42 Å². The normalized spacial score (nSPS) is 10.9. The molecule has 0 spiro atoms. The van der Waals surface area contributed by atoms with Crippen molar-refractivity contribution >= 4 is 5.97 Å². The van der Waals surface area contributed by atoms with Crippen LogP contribution >= 0.6 is 0 Å². The monoisotopic (exact) mass is 273 g/mol. The van der Waals surface area contributed by atoms with Gasteiger partial charge in [-0.2, -0.15) is 0 Å². The SMILES string of the molecule is CN(Cc1ccccc1CC(=O)O)Cc1nccn1C. The molecule has 0 fully saturated rings. The zero-order chi connectivity index (χ0) is 14.5. The number of nitrogens with zero attached hydrogens (tertiary/aromatic N) is 3. The molecule has 0 bridgehead atoms. The molecule has 0 amide bonds. The van der Waals surface area contributed by atoms with Gasteiger partial charge in [0.2, 0.25) is 0 Å². The molecule has 0 aliphatic heterocycles. The molecule has 5 heteroatoms. The van der Waals surface area contributed by atoms with Gasteiger partial charge in [0, 0.05) is 26.0 Å². The Bertz CT molecular complexity index is 592. The number of carboxylic acid groups (broad SMARTS) is 1. The van der Waals surface area contributed by atoms with Gasteiger partial charge in [0.25, 0.3) is 0 Å². The van der Waals surface area contributed by atoms with Crippen molar-refractivity contribution in [2.24, 2.45) is 7.05 Å². The molecule has 106 valence electrons. The highest BCUT2D eigenvalue weighted by molar-refractivity contribution is 5.70. The Balaban J connectivity index is 2.06. The number of carbonyl (C=O) groups is 1. The number of aliphatic carboxylic acids is 1. The number of hydrogen-bond acceptors (Lipinski definition) is 3. The Labute approximate surface area is 118 Å². The van der Waals surface area contributed by atoms with Gasteiger partial charge in [-0.1, -0.05) is 24.3 Å². The van der Waals surface area contributed by atoms with Gasteiger partial charge in [0.05, 0.1) is 13.0 Å². The molecule has 0 saturated carbocycles. The summed E-state index contributed by atoms with van der Waals surface area (Å²) in [4.78, 5) is 17.3. The first kappa shape index (κ1) is 14.3. The van der Waals surface area contributed by atoms with Gasteiger partial charge in [-0.05, 0) is 18.2 Å². The molecule has 2 aromatic rings. The van der Waals surface area contributed by atoms with Crippen molar-refractivity contribution in [3.63, 3.8) is 0 Å². The molecule has 0 radical (unpaired) electrons. The smallest absolute Gasteiger partial charge is 0.307 e. The molecule has 0 aliphatic carbocycles. The van der Waals surface area contributed by atoms with Crippen molar-refractivity contribution in [2.45, 2.75) is 19.5 Å². The fourth-order valence-corrected chi connectivity index (χ4v) is 2.18. The quantitative estimate of drug-likeness (QED) is 0.870. The standard InChI is InChI=1S/C15H19N3O2/c1-17(11-14-16-7-8-18(14)2)10-13-6-4-3-5-12(13)9-15(19)20/h3-8H,9-11H2,1-2H3,(H,19,20). The second kappa shape index (κ2) is 6.34. The third-order valence-electron chi connectivity index (χ3n) is 3.23. The number of benzene rings is 1. The lowest BCUT2D eigenvalue weighted by Crippen LogP contribution is -2.20. The van der Waals surface area contributed by atoms with E-state index in [9.17, 15) is 4.79 Å². The maximum atomic E-state index is 10.9. The number of rotatable bonds is 6. The summed E-state index contributed by atoms with van der Waals surface area (Å²) < 4.78 is 1.99. The highest BCUT2D eigenvalue weighted by Crippen LogP contribution is 2.13. The van der Waals surface area contributed by atoms with Crippen LogP contribution in [0.2, 0.25) is 0 Å². The Kier molecular flexibility index (Phi) is 4.53. The minimum absolute atomic E-state index is 0.0619. The fourth-order valence-electron chi connectivity index (χ4n) is 2.18. The molecule has 1 heterocycles. The Morgan fingerprint density at radius 3 is 2.60 bits per heavy atom. The topological polar surface area (TPSA) is 58.4 Å². The van der Waals surface area contributed by atoms with Crippen molar-refractivity contribution in [3.8, 4) is 0 Å². The summed E-state index contributed by atoms with van der Waals surface area (Å²) >= 11 is 0. The fraction of sp³-hybridized carbons (Fsp3) is 0.333. The van der Waals surface area contributed by atoms with Gasteiger partial charge in [0.1, 0.15) is 5.82 Å². The van der Waals surface area contributed by atoms with Gasteiger partial charge in [-0.15, -0.1) is 0 Å². The van der Waals surface area contributed by atoms with Crippen LogP contribution in [0.15, 0.2) is 36.7 Å². The van der Waals surface area contributed by atoms with Crippen LogP contribution in [0.3, 0.4) is 0 Å². The summed E-state index contributed by atoms with van der Waals surface area (Å²) in [5, 5.41) is 8.94. The molecular weight excluding hydrogens is 254 g/mol. The molecule has 1 N–H and O–H groups in total. The second-order valence-corrected chi connectivity index (χ2v) is 4.97. The molecule has 1 aromatic carbocycles. The van der Waals surface area contributed by atoms with Gasteiger partial charge in [-0.25, -0.2) is 4.98 Å². The molecule has 0 atom stereocenters. The van der Waals surface area contributed by atoms with Crippen molar-refractivity contribution < 1.29 is 9.90 Å². The lowest BCUT2D eigenvalue weighted by atomic mass is 10.0. The Morgan fingerprint density at radius 1 is 1.30 bits per heavy atom. The molecule has 0 saturated heterocycles. The van der Waals surface area contributed by atoms with Crippen LogP contribution in [-0.4, -0.2) is 32.6 Å². The summed E-state index contributed by atoms with van der Waals surface area (Å²) in [7, 11) is 3.97. The molecule has 1 aromatic heterocycles. The van der Waals surface area contributed by atoms with Crippen LogP contribution in [0.4, 0.5) is 0 Å². The predicted octanol–water partition coefficient (Wildman–Crippen LogP) is 1.68. The van der Waals surface area contributed by atoms with E-state index in [2.05, 4.69) is 9.88 Å². The lowest BCUT2D eigenvalue weighted by Gasteiger charge is -2.18. The van der Waals surface area contributed by atoms with E-state index in [1.54, 1.807) is 6.20 Å². The van der Waals surface area contributed by atoms with E-state index in [1.165, 1.54) is 0 Å². The third kappa shape index (κ3) is 3.68. The average molecular weight is 273 g/mol. The second-order valence-electron chi connectivity index (χ2n) is 4.97. The van der Waals surface area contributed by atoms with Gasteiger partial charge in [0.15, 0.2) is 0 Å². The first-order chi connectivity index (χ1) is 9.56. The highest BCUT2D eigenvalue weighted by Gasteiger charge is 2.10. The zero-order valence-corrected chi connectivity index (χ0v) is 11.8. The van der Waals surface area contributed by atoms with Crippen molar-refractivity contribution in [3.05, 3.63) is 53.6 Å². The maximum Gasteiger partial charge on any atom is 0.307 e. The van der Waals surface area contributed by atoms with Crippen molar-refractivity contribution in [2.75, 3.05) is 7.05 Å². The summed E-state index contributed by atoms with van der Waals surface area (Å²) in [5.74, 6) is 0.187. The maximum absolute atomic E-state index is 10.9. The van der Waals surface area contributed by atoms with Crippen LogP contribution < -0.4 is 0 Å². The first-order valence-electron chi connectivity index (χ1n) is 6.49. The zero-order valence-electron chi connectivity index (χ0n) is 11.8. The number of hydrogen-bond donors (Lipinski definition) is 1. The van der Waals surface area contributed by atoms with E-state index in [0.717, 1.165) is 23.5 Å². The Hall–Kier alpha value is -2.14. The van der Waals surface area contributed by atoms with Gasteiger partial charge < -0.3 is 9.67 Å². The van der Waals surface area contributed by atoms with Crippen LogP contribution in [-0.2, 0) is 31.4 Å². The van der Waals surface area contributed by atoms with E-state index in [0.29, 0.717) is 6.54 Å². The lowest BCUT2D eigenvalue weighted by molar-refractivity contribution is -0.136. The predicted molar refractivity (Wildman–Crippen MR) is 76.2 cm³/mol. The number of carboxylic acids is 1. The molecule has 20 heavy (non-hydrogen) atoms. The van der Waals surface area contributed by atoms with E-state index < -0.39 is 5.97 Å². The first-order valence-corrected chi connectivity index (χ1v) is 6.49. The van der Waals surface area contributed by atoms with Crippen LogP contribution in [0, 0.1) is 0 Å². The molecule has 5 nitrogen and oxygen atoms in total. The molecule has 2 rings (SSSR count). The van der Waals surface area contributed by atoms with Gasteiger partial charge in [-0.3, -0.25) is 9.69 Å². The third-order valence-corrected chi connectivity index (χ3v) is 3.23. The average Bonchev–Trinajstić information content (AvgIpc) is 2.77. The molecule has 0 aliphatic rings. The van der Waals surface area contributed by atoms with Crippen molar-refractivity contribution in [1.82, 2.24) is 14.5 Å². The van der Waals surface area contributed by atoms with Gasteiger partial charge >= 0.3 is 5.97 Å². The Morgan fingerprint density at radius 2 is 2.00 bits per heavy atom. The van der Waals surface area contributed by atoms with Crippen LogP contribution in [0.1, 0.15) is 17.0 Å². The number of imidazole rings is 1. The number of aryl methyl sites for hydroxylation is 1. The van der Waals surface area contributed by atoms with Crippen LogP contribution in [0.25, 0.3) is 0 Å². The van der Waals surface area contributed by atoms with Crippen molar-refractivity contribution in [1.29, 1.82) is 0 Å². The van der Waals surface area contributed by atoms with E-state index >= 15 is 0 Å². The minimum Gasteiger partial charge on any atom is -0.481 e. The van der Waals surface area contributed by atoms with E-state index in [4.69, 9.17) is 5.11 Å². The largest absolute Gasteiger partial charge is 0.481 e. The van der Waals surface area contributed by atoms with E-state index in [1.807, 2.05) is 49.1 Å². The number of aromatic nitrogens is 2. The molecular formula is C15H19N3O2. The summed E-state index contributed by atoms with van der Waals surface area (Å²) in [6.07, 6.45) is 3.76. The molecule has 0 unspecified atom stereocenters. The van der Waals surface area contributed by atoms with Crippen LogP contribution in [0.5, 0.6) is 0 Å². The summed E-state index contributed by atoms with van der Waals surface area (Å²) in [6, 6.07) is 7.67.